The van der Waals surface area contributed by atoms with E-state index >= 15 is 0 Å². The van der Waals surface area contributed by atoms with E-state index in [9.17, 15) is 4.79 Å². The van der Waals surface area contributed by atoms with E-state index in [1.165, 1.54) is 0 Å². The molecular weight excluding hydrogens is 358 g/mol. The van der Waals surface area contributed by atoms with E-state index in [2.05, 4.69) is 24.8 Å². The summed E-state index contributed by atoms with van der Waals surface area (Å²) in [6, 6.07) is 7.76. The van der Waals surface area contributed by atoms with Crippen LogP contribution in [0.5, 0.6) is 0 Å². The molecule has 1 aromatic carbocycles. The molecule has 142 valence electrons. The number of fused-ring (bicyclic) bond motifs is 1. The van der Waals surface area contributed by atoms with Crippen LogP contribution < -0.4 is 0 Å². The molecule has 1 aliphatic rings. The van der Waals surface area contributed by atoms with E-state index < -0.39 is 0 Å². The van der Waals surface area contributed by atoms with Gasteiger partial charge in [-0.1, -0.05) is 12.1 Å². The minimum atomic E-state index is -0.245. The van der Waals surface area contributed by atoms with Crippen LogP contribution in [0.1, 0.15) is 29.5 Å². The monoisotopic (exact) mass is 383 g/mol. The third-order valence-corrected chi connectivity index (χ3v) is 6.08. The number of carbonyl (C=O) groups excluding carboxylic acids is 1. The largest absolute Gasteiger partial charge is 0.338 e. The normalized spacial score (nSPS) is 16.8. The first-order valence-corrected chi connectivity index (χ1v) is 10.3. The zero-order chi connectivity index (χ0) is 19.0. The number of imidazole rings is 1. The Balaban J connectivity index is 1.42. The average Bonchev–Trinajstić information content (AvgIpc) is 3.23. The standard InChI is InChI=1S/C20H25N5OS/c1-14(25-15(2)21-18-6-4-5-7-19(18)25)20(26)24-10-8-23(9-11-24)12-17-13-27-16(3)22-17/h4-7,13-14H,8-12H2,1-3H3/t14-/m1/s1. The van der Waals surface area contributed by atoms with E-state index in [0.29, 0.717) is 0 Å². The second-order valence-corrected chi connectivity index (χ2v) is 8.22. The number of hydrogen-bond acceptors (Lipinski definition) is 5. The Kier molecular flexibility index (Phi) is 4.97. The summed E-state index contributed by atoms with van der Waals surface area (Å²) >= 11 is 1.69. The van der Waals surface area contributed by atoms with Crippen molar-refractivity contribution in [1.29, 1.82) is 0 Å². The number of hydrogen-bond donors (Lipinski definition) is 0. The SMILES string of the molecule is Cc1nc(CN2CCN(C(=O)[C@@H](C)n3c(C)nc4ccccc43)CC2)cs1. The Hall–Kier alpha value is -2.25. The molecule has 3 aromatic rings. The number of aromatic nitrogens is 3. The Labute approximate surface area is 163 Å². The van der Waals surface area contributed by atoms with Crippen molar-refractivity contribution in [2.75, 3.05) is 26.2 Å². The molecule has 0 spiro atoms. The van der Waals surface area contributed by atoms with Gasteiger partial charge in [0.15, 0.2) is 0 Å². The van der Waals surface area contributed by atoms with E-state index in [4.69, 9.17) is 0 Å². The zero-order valence-electron chi connectivity index (χ0n) is 16.1. The van der Waals surface area contributed by atoms with Crippen LogP contribution in [0.4, 0.5) is 0 Å². The molecule has 0 aliphatic carbocycles. The summed E-state index contributed by atoms with van der Waals surface area (Å²) in [7, 11) is 0. The van der Waals surface area contributed by atoms with E-state index in [-0.39, 0.29) is 11.9 Å². The number of piperazine rings is 1. The summed E-state index contributed by atoms with van der Waals surface area (Å²) in [5.74, 6) is 1.06. The molecule has 0 saturated carbocycles. The predicted molar refractivity (Wildman–Crippen MR) is 108 cm³/mol. The van der Waals surface area contributed by atoms with Gasteiger partial charge in [-0.05, 0) is 32.9 Å². The van der Waals surface area contributed by atoms with Crippen LogP contribution in [0.3, 0.4) is 0 Å². The van der Waals surface area contributed by atoms with Gasteiger partial charge in [0, 0.05) is 38.1 Å². The van der Waals surface area contributed by atoms with Gasteiger partial charge in [0.25, 0.3) is 0 Å². The maximum absolute atomic E-state index is 13.1. The lowest BCUT2D eigenvalue weighted by Crippen LogP contribution is -2.50. The Morgan fingerprint density at radius 3 is 2.59 bits per heavy atom. The maximum atomic E-state index is 13.1. The van der Waals surface area contributed by atoms with Crippen LogP contribution in [0.15, 0.2) is 29.6 Å². The minimum absolute atomic E-state index is 0.172. The molecule has 4 rings (SSSR count). The third-order valence-electron chi connectivity index (χ3n) is 5.25. The summed E-state index contributed by atoms with van der Waals surface area (Å²) in [6.45, 7) is 10.2. The van der Waals surface area contributed by atoms with Crippen molar-refractivity contribution in [3.63, 3.8) is 0 Å². The van der Waals surface area contributed by atoms with Gasteiger partial charge in [0.05, 0.1) is 21.7 Å². The number of carbonyl (C=O) groups is 1. The zero-order valence-corrected chi connectivity index (χ0v) is 16.9. The van der Waals surface area contributed by atoms with Crippen LogP contribution in [0, 0.1) is 13.8 Å². The molecular formula is C20H25N5OS. The second-order valence-electron chi connectivity index (χ2n) is 7.15. The highest BCUT2D eigenvalue weighted by Gasteiger charge is 2.27. The number of amides is 1. The second kappa shape index (κ2) is 7.40. The van der Waals surface area contributed by atoms with E-state index in [0.717, 1.165) is 60.3 Å². The number of thiazole rings is 1. The van der Waals surface area contributed by atoms with Gasteiger partial charge in [-0.2, -0.15) is 0 Å². The van der Waals surface area contributed by atoms with Crippen LogP contribution >= 0.6 is 11.3 Å². The molecule has 0 N–H and O–H groups in total. The summed E-state index contributed by atoms with van der Waals surface area (Å²) in [4.78, 5) is 26.6. The van der Waals surface area contributed by atoms with Crippen LogP contribution in [-0.2, 0) is 11.3 Å². The number of aryl methyl sites for hydroxylation is 2. The first-order chi connectivity index (χ1) is 13.0. The van der Waals surface area contributed by atoms with Gasteiger partial charge >= 0.3 is 0 Å². The fraction of sp³-hybridized carbons (Fsp3) is 0.450. The first kappa shape index (κ1) is 18.1. The van der Waals surface area contributed by atoms with Gasteiger partial charge in [0.2, 0.25) is 5.91 Å². The summed E-state index contributed by atoms with van der Waals surface area (Å²) < 4.78 is 2.06. The number of rotatable bonds is 4. The number of nitrogens with zero attached hydrogens (tertiary/aromatic N) is 5. The molecule has 1 atom stereocenters. The maximum Gasteiger partial charge on any atom is 0.245 e. The molecule has 2 aromatic heterocycles. The molecule has 1 amide bonds. The van der Waals surface area contributed by atoms with Crippen LogP contribution in [0.25, 0.3) is 11.0 Å². The topological polar surface area (TPSA) is 54.3 Å². The molecule has 27 heavy (non-hydrogen) atoms. The summed E-state index contributed by atoms with van der Waals surface area (Å²) in [6.07, 6.45) is 0. The van der Waals surface area contributed by atoms with Gasteiger partial charge < -0.3 is 9.47 Å². The fourth-order valence-corrected chi connectivity index (χ4v) is 4.47. The van der Waals surface area contributed by atoms with E-state index in [1.54, 1.807) is 11.3 Å². The van der Waals surface area contributed by atoms with Gasteiger partial charge in [0.1, 0.15) is 11.9 Å². The Morgan fingerprint density at radius 2 is 1.89 bits per heavy atom. The van der Waals surface area contributed by atoms with Gasteiger partial charge in [-0.3, -0.25) is 9.69 Å². The Morgan fingerprint density at radius 1 is 1.15 bits per heavy atom. The molecule has 1 fully saturated rings. The lowest BCUT2D eigenvalue weighted by molar-refractivity contribution is -0.136. The van der Waals surface area contributed by atoms with Crippen molar-refractivity contribution >= 4 is 28.3 Å². The molecule has 7 heteroatoms. The number of para-hydroxylation sites is 2. The third kappa shape index (κ3) is 3.61. The van der Waals surface area contributed by atoms with Crippen molar-refractivity contribution in [2.24, 2.45) is 0 Å². The minimum Gasteiger partial charge on any atom is -0.338 e. The summed E-state index contributed by atoms with van der Waals surface area (Å²) in [5.41, 5.74) is 3.09. The van der Waals surface area contributed by atoms with Crippen molar-refractivity contribution < 1.29 is 4.79 Å². The van der Waals surface area contributed by atoms with Crippen LogP contribution in [-0.4, -0.2) is 56.4 Å². The molecule has 3 heterocycles. The molecule has 1 saturated heterocycles. The highest BCUT2D eigenvalue weighted by molar-refractivity contribution is 7.09. The fourth-order valence-electron chi connectivity index (χ4n) is 3.86. The van der Waals surface area contributed by atoms with E-state index in [1.807, 2.05) is 49.9 Å². The highest BCUT2D eigenvalue weighted by atomic mass is 32.1. The smallest absolute Gasteiger partial charge is 0.245 e. The molecule has 6 nitrogen and oxygen atoms in total. The van der Waals surface area contributed by atoms with Crippen molar-refractivity contribution in [3.8, 4) is 0 Å². The van der Waals surface area contributed by atoms with Gasteiger partial charge in [-0.15, -0.1) is 11.3 Å². The lowest BCUT2D eigenvalue weighted by atomic mass is 10.2. The highest BCUT2D eigenvalue weighted by Crippen LogP contribution is 2.23. The Bertz CT molecular complexity index is 954. The molecule has 1 aliphatic heterocycles. The molecule has 0 unspecified atom stereocenters. The van der Waals surface area contributed by atoms with Gasteiger partial charge in [-0.25, -0.2) is 9.97 Å². The first-order valence-electron chi connectivity index (χ1n) is 9.38. The molecule has 0 radical (unpaired) electrons. The predicted octanol–water partition coefficient (Wildman–Crippen LogP) is 3.02. The summed E-state index contributed by atoms with van der Waals surface area (Å²) in [5, 5.41) is 3.23. The average molecular weight is 384 g/mol. The van der Waals surface area contributed by atoms with Crippen molar-refractivity contribution in [1.82, 2.24) is 24.3 Å². The van der Waals surface area contributed by atoms with Crippen molar-refractivity contribution in [3.05, 3.63) is 46.2 Å². The lowest BCUT2D eigenvalue weighted by Gasteiger charge is -2.36. The van der Waals surface area contributed by atoms with Crippen LogP contribution in [0.2, 0.25) is 0 Å². The van der Waals surface area contributed by atoms with Crippen molar-refractivity contribution in [2.45, 2.75) is 33.4 Å². The molecule has 0 bridgehead atoms. The number of benzene rings is 1. The quantitative estimate of drug-likeness (QED) is 0.695.